The van der Waals surface area contributed by atoms with Crippen LogP contribution in [0.2, 0.25) is 0 Å². The molecule has 2 nitrogen and oxygen atoms in total. The second-order valence-corrected chi connectivity index (χ2v) is 5.84. The van der Waals surface area contributed by atoms with Gasteiger partial charge in [0.2, 0.25) is 0 Å². The molecule has 0 amide bonds. The van der Waals surface area contributed by atoms with E-state index in [-0.39, 0.29) is 0 Å². The molecule has 1 fully saturated rings. The van der Waals surface area contributed by atoms with Crippen molar-refractivity contribution in [2.45, 2.75) is 32.7 Å². The minimum atomic E-state index is 0.542. The summed E-state index contributed by atoms with van der Waals surface area (Å²) in [4.78, 5) is 2.64. The molecule has 0 aromatic heterocycles. The van der Waals surface area contributed by atoms with Crippen molar-refractivity contribution >= 4 is 0 Å². The molecule has 0 bridgehead atoms. The zero-order valence-corrected chi connectivity index (χ0v) is 11.7. The van der Waals surface area contributed by atoms with Crippen molar-refractivity contribution in [2.75, 3.05) is 19.6 Å². The topological polar surface area (TPSA) is 29.3 Å². The molecule has 1 aromatic rings. The van der Waals surface area contributed by atoms with Crippen LogP contribution in [0.4, 0.5) is 0 Å². The van der Waals surface area contributed by atoms with Crippen LogP contribution in [0.25, 0.3) is 0 Å². The molecule has 0 saturated carbocycles. The number of benzene rings is 1. The number of nitrogens with zero attached hydrogens (tertiary/aromatic N) is 1. The van der Waals surface area contributed by atoms with E-state index < -0.39 is 0 Å². The van der Waals surface area contributed by atoms with Crippen molar-refractivity contribution in [1.29, 1.82) is 0 Å². The van der Waals surface area contributed by atoms with Crippen LogP contribution in [0, 0.1) is 11.8 Å². The number of hydrogen-bond donors (Lipinski definition) is 1. The van der Waals surface area contributed by atoms with Gasteiger partial charge in [0.05, 0.1) is 0 Å². The van der Waals surface area contributed by atoms with E-state index in [0.29, 0.717) is 17.9 Å². The Labute approximate surface area is 111 Å². The molecule has 2 rings (SSSR count). The average Bonchev–Trinajstić information content (AvgIpc) is 2.40. The van der Waals surface area contributed by atoms with Crippen molar-refractivity contribution in [1.82, 2.24) is 4.90 Å². The molecule has 2 N–H and O–H groups in total. The molecule has 1 saturated heterocycles. The zero-order chi connectivity index (χ0) is 13.0. The number of likely N-dealkylation sites (tertiary alicyclic amines) is 1. The molecule has 0 radical (unpaired) electrons. The summed E-state index contributed by atoms with van der Waals surface area (Å²) >= 11 is 0. The van der Waals surface area contributed by atoms with Gasteiger partial charge in [0.25, 0.3) is 0 Å². The number of nitrogens with two attached hydrogens (primary N) is 1. The Morgan fingerprint density at radius 1 is 1.28 bits per heavy atom. The Morgan fingerprint density at radius 2 is 2.00 bits per heavy atom. The van der Waals surface area contributed by atoms with Gasteiger partial charge in [0, 0.05) is 12.6 Å². The Balaban J connectivity index is 2.15. The third-order valence-electron chi connectivity index (χ3n) is 4.05. The molecular formula is C16H26N2. The molecule has 1 aliphatic heterocycles. The number of hydrogen-bond acceptors (Lipinski definition) is 2. The molecular weight excluding hydrogens is 220 g/mol. The Kier molecular flexibility index (Phi) is 4.79. The van der Waals surface area contributed by atoms with Crippen molar-refractivity contribution in [3.63, 3.8) is 0 Å². The van der Waals surface area contributed by atoms with Gasteiger partial charge in [0.1, 0.15) is 0 Å². The quantitative estimate of drug-likeness (QED) is 0.884. The summed E-state index contributed by atoms with van der Waals surface area (Å²) in [5.41, 5.74) is 7.30. The molecule has 1 aliphatic rings. The summed E-state index contributed by atoms with van der Waals surface area (Å²) in [7, 11) is 0. The van der Waals surface area contributed by atoms with Gasteiger partial charge in [-0.25, -0.2) is 0 Å². The van der Waals surface area contributed by atoms with Crippen LogP contribution in [0.3, 0.4) is 0 Å². The van der Waals surface area contributed by atoms with Crippen LogP contribution < -0.4 is 5.73 Å². The van der Waals surface area contributed by atoms with Gasteiger partial charge in [-0.2, -0.15) is 0 Å². The van der Waals surface area contributed by atoms with E-state index in [0.717, 1.165) is 13.1 Å². The average molecular weight is 246 g/mol. The summed E-state index contributed by atoms with van der Waals surface area (Å²) < 4.78 is 0. The fourth-order valence-electron chi connectivity index (χ4n) is 3.21. The highest BCUT2D eigenvalue weighted by molar-refractivity contribution is 5.19. The van der Waals surface area contributed by atoms with Crippen molar-refractivity contribution < 1.29 is 0 Å². The normalized spacial score (nSPS) is 23.2. The minimum Gasteiger partial charge on any atom is -0.330 e. The Hall–Kier alpha value is -0.860. The second-order valence-electron chi connectivity index (χ2n) is 5.84. The predicted octanol–water partition coefficient (Wildman–Crippen LogP) is 3.05. The first-order valence-corrected chi connectivity index (χ1v) is 7.21. The van der Waals surface area contributed by atoms with Gasteiger partial charge in [-0.1, -0.05) is 44.2 Å². The fraction of sp³-hybridized carbons (Fsp3) is 0.625. The SMILES string of the molecule is CC(C)C(c1ccccc1)N1CCCC(CN)C1. The highest BCUT2D eigenvalue weighted by Crippen LogP contribution is 2.32. The Bertz CT molecular complexity index is 347. The summed E-state index contributed by atoms with van der Waals surface area (Å²) in [6.07, 6.45) is 2.59. The lowest BCUT2D eigenvalue weighted by atomic mass is 9.90. The predicted molar refractivity (Wildman–Crippen MR) is 77.4 cm³/mol. The van der Waals surface area contributed by atoms with Gasteiger partial charge in [-0.05, 0) is 43.3 Å². The van der Waals surface area contributed by atoms with Crippen LogP contribution >= 0.6 is 0 Å². The van der Waals surface area contributed by atoms with E-state index in [9.17, 15) is 0 Å². The van der Waals surface area contributed by atoms with Gasteiger partial charge in [-0.15, -0.1) is 0 Å². The lowest BCUT2D eigenvalue weighted by Crippen LogP contribution is -2.42. The highest BCUT2D eigenvalue weighted by Gasteiger charge is 2.28. The second kappa shape index (κ2) is 6.35. The van der Waals surface area contributed by atoms with Gasteiger partial charge >= 0.3 is 0 Å². The van der Waals surface area contributed by atoms with Crippen LogP contribution in [-0.2, 0) is 0 Å². The maximum atomic E-state index is 5.85. The molecule has 2 heteroatoms. The van der Waals surface area contributed by atoms with E-state index in [2.05, 4.69) is 49.1 Å². The standard InChI is InChI=1S/C16H26N2/c1-13(2)16(15-8-4-3-5-9-15)18-10-6-7-14(11-17)12-18/h3-5,8-9,13-14,16H,6-7,10-12,17H2,1-2H3. The molecule has 100 valence electrons. The van der Waals surface area contributed by atoms with E-state index in [1.54, 1.807) is 0 Å². The van der Waals surface area contributed by atoms with Crippen LogP contribution in [0.15, 0.2) is 30.3 Å². The maximum absolute atomic E-state index is 5.85. The molecule has 1 aromatic carbocycles. The van der Waals surface area contributed by atoms with Crippen LogP contribution in [0.1, 0.15) is 38.3 Å². The van der Waals surface area contributed by atoms with Crippen LogP contribution in [0.5, 0.6) is 0 Å². The lowest BCUT2D eigenvalue weighted by molar-refractivity contribution is 0.0978. The molecule has 1 heterocycles. The van der Waals surface area contributed by atoms with Crippen molar-refractivity contribution in [3.05, 3.63) is 35.9 Å². The monoisotopic (exact) mass is 246 g/mol. The third kappa shape index (κ3) is 3.12. The van der Waals surface area contributed by atoms with E-state index in [1.165, 1.54) is 24.9 Å². The van der Waals surface area contributed by atoms with Crippen LogP contribution in [-0.4, -0.2) is 24.5 Å². The van der Waals surface area contributed by atoms with E-state index >= 15 is 0 Å². The summed E-state index contributed by atoms with van der Waals surface area (Å²) in [6.45, 7) is 7.85. The van der Waals surface area contributed by atoms with Gasteiger partial charge in [0.15, 0.2) is 0 Å². The third-order valence-corrected chi connectivity index (χ3v) is 4.05. The number of rotatable bonds is 4. The number of piperidine rings is 1. The first-order valence-electron chi connectivity index (χ1n) is 7.21. The highest BCUT2D eigenvalue weighted by atomic mass is 15.2. The molecule has 0 aliphatic carbocycles. The summed E-state index contributed by atoms with van der Waals surface area (Å²) in [6, 6.07) is 11.5. The zero-order valence-electron chi connectivity index (χ0n) is 11.7. The maximum Gasteiger partial charge on any atom is 0.0371 e. The summed E-state index contributed by atoms with van der Waals surface area (Å²) in [5, 5.41) is 0. The van der Waals surface area contributed by atoms with E-state index in [1.807, 2.05) is 0 Å². The van der Waals surface area contributed by atoms with Gasteiger partial charge < -0.3 is 5.73 Å². The first kappa shape index (κ1) is 13.6. The minimum absolute atomic E-state index is 0.542. The molecule has 18 heavy (non-hydrogen) atoms. The smallest absolute Gasteiger partial charge is 0.0371 e. The van der Waals surface area contributed by atoms with Crippen molar-refractivity contribution in [2.24, 2.45) is 17.6 Å². The summed E-state index contributed by atoms with van der Waals surface area (Å²) in [5.74, 6) is 1.33. The Morgan fingerprint density at radius 3 is 2.61 bits per heavy atom. The van der Waals surface area contributed by atoms with E-state index in [4.69, 9.17) is 5.73 Å². The molecule has 2 unspecified atom stereocenters. The van der Waals surface area contributed by atoms with Gasteiger partial charge in [-0.3, -0.25) is 4.90 Å². The van der Waals surface area contributed by atoms with Crippen molar-refractivity contribution in [3.8, 4) is 0 Å². The lowest BCUT2D eigenvalue weighted by Gasteiger charge is -2.40. The molecule has 0 spiro atoms. The fourth-order valence-corrected chi connectivity index (χ4v) is 3.21. The molecule has 2 atom stereocenters. The largest absolute Gasteiger partial charge is 0.330 e. The first-order chi connectivity index (χ1) is 8.72.